The second-order valence-electron chi connectivity index (χ2n) is 5.08. The Morgan fingerprint density at radius 1 is 1.14 bits per heavy atom. The predicted molar refractivity (Wildman–Crippen MR) is 91.0 cm³/mol. The summed E-state index contributed by atoms with van der Waals surface area (Å²) in [5.74, 6) is -0.327. The van der Waals surface area contributed by atoms with E-state index in [1.807, 2.05) is 25.3 Å². The highest BCUT2D eigenvalue weighted by atomic mass is 79.9. The van der Waals surface area contributed by atoms with Crippen LogP contribution < -0.4 is 0 Å². The Hall–Kier alpha value is -2.20. The van der Waals surface area contributed by atoms with Gasteiger partial charge >= 0.3 is 5.97 Å². The van der Waals surface area contributed by atoms with Crippen molar-refractivity contribution < 1.29 is 9.53 Å². The van der Waals surface area contributed by atoms with Gasteiger partial charge in [-0.1, -0.05) is 18.2 Å². The maximum Gasteiger partial charge on any atom is 0.337 e. The van der Waals surface area contributed by atoms with Crippen molar-refractivity contribution in [1.82, 2.24) is 4.98 Å². The monoisotopic (exact) mass is 355 g/mol. The Labute approximate surface area is 137 Å². The first kappa shape index (κ1) is 14.7. The molecule has 3 aromatic rings. The van der Waals surface area contributed by atoms with Crippen LogP contribution in [0.15, 0.2) is 53.3 Å². The van der Waals surface area contributed by atoms with Crippen LogP contribution in [0.25, 0.3) is 21.9 Å². The number of esters is 1. The fourth-order valence-corrected chi connectivity index (χ4v) is 2.96. The van der Waals surface area contributed by atoms with Crippen molar-refractivity contribution in [1.29, 1.82) is 0 Å². The molecule has 0 aliphatic heterocycles. The third-order valence-corrected chi connectivity index (χ3v) is 4.31. The lowest BCUT2D eigenvalue weighted by Crippen LogP contribution is -2.01. The van der Waals surface area contributed by atoms with E-state index in [-0.39, 0.29) is 5.97 Å². The number of nitrogens with zero attached hydrogens (tertiary/aromatic N) is 1. The standard InChI is InChI=1S/C18H14BrNO2/c1-11-3-4-13(18(21)22-2)8-16(11)12-5-6-15-14(7-12)9-20-10-17(15)19/h3-10H,1-2H3. The average Bonchev–Trinajstić information content (AvgIpc) is 2.54. The molecule has 22 heavy (non-hydrogen) atoms. The molecule has 0 bridgehead atoms. The molecule has 110 valence electrons. The maximum atomic E-state index is 11.7. The molecule has 0 saturated carbocycles. The smallest absolute Gasteiger partial charge is 0.337 e. The lowest BCUT2D eigenvalue weighted by atomic mass is 9.96. The minimum atomic E-state index is -0.327. The van der Waals surface area contributed by atoms with Crippen LogP contribution in [0.5, 0.6) is 0 Å². The summed E-state index contributed by atoms with van der Waals surface area (Å²) in [5, 5.41) is 2.16. The van der Waals surface area contributed by atoms with Crippen LogP contribution in [0.1, 0.15) is 15.9 Å². The van der Waals surface area contributed by atoms with E-state index in [4.69, 9.17) is 4.74 Å². The molecule has 0 atom stereocenters. The molecular weight excluding hydrogens is 342 g/mol. The summed E-state index contributed by atoms with van der Waals surface area (Å²) in [6.07, 6.45) is 3.62. The van der Waals surface area contributed by atoms with Gasteiger partial charge in [0.1, 0.15) is 0 Å². The maximum absolute atomic E-state index is 11.7. The number of hydrogen-bond acceptors (Lipinski definition) is 3. The number of aryl methyl sites for hydroxylation is 1. The molecule has 3 nitrogen and oxygen atoms in total. The van der Waals surface area contributed by atoms with Crippen molar-refractivity contribution >= 4 is 32.7 Å². The number of rotatable bonds is 2. The number of ether oxygens (including phenoxy) is 1. The fraction of sp³-hybridized carbons (Fsp3) is 0.111. The van der Waals surface area contributed by atoms with E-state index in [9.17, 15) is 4.79 Å². The molecule has 4 heteroatoms. The molecular formula is C18H14BrNO2. The van der Waals surface area contributed by atoms with Crippen molar-refractivity contribution in [2.24, 2.45) is 0 Å². The topological polar surface area (TPSA) is 39.2 Å². The summed E-state index contributed by atoms with van der Waals surface area (Å²) >= 11 is 3.51. The van der Waals surface area contributed by atoms with E-state index in [0.29, 0.717) is 5.56 Å². The quantitative estimate of drug-likeness (QED) is 0.622. The first-order valence-corrected chi connectivity index (χ1v) is 7.62. The molecule has 0 aliphatic rings. The zero-order valence-electron chi connectivity index (χ0n) is 12.3. The van der Waals surface area contributed by atoms with E-state index in [1.54, 1.807) is 12.3 Å². The van der Waals surface area contributed by atoms with Crippen LogP contribution in [0, 0.1) is 6.92 Å². The number of carbonyl (C=O) groups is 1. The molecule has 1 aromatic heterocycles. The van der Waals surface area contributed by atoms with Crippen molar-refractivity contribution in [3.63, 3.8) is 0 Å². The number of carbonyl (C=O) groups excluding carboxylic acids is 1. The van der Waals surface area contributed by atoms with Crippen molar-refractivity contribution in [2.45, 2.75) is 6.92 Å². The Bertz CT molecular complexity index is 874. The second kappa shape index (κ2) is 5.89. The molecule has 0 saturated heterocycles. The van der Waals surface area contributed by atoms with Crippen molar-refractivity contribution in [3.05, 3.63) is 64.4 Å². The normalized spacial score (nSPS) is 10.7. The van der Waals surface area contributed by atoms with E-state index < -0.39 is 0 Å². The highest BCUT2D eigenvalue weighted by molar-refractivity contribution is 9.10. The fourth-order valence-electron chi connectivity index (χ4n) is 2.48. The number of pyridine rings is 1. The minimum Gasteiger partial charge on any atom is -0.465 e. The summed E-state index contributed by atoms with van der Waals surface area (Å²) in [7, 11) is 1.39. The van der Waals surface area contributed by atoms with Gasteiger partial charge in [0.15, 0.2) is 0 Å². The van der Waals surface area contributed by atoms with E-state index in [2.05, 4.69) is 39.1 Å². The number of methoxy groups -OCH3 is 1. The van der Waals surface area contributed by atoms with E-state index in [1.165, 1.54) is 7.11 Å². The Kier molecular flexibility index (Phi) is 3.94. The summed E-state index contributed by atoms with van der Waals surface area (Å²) in [6, 6.07) is 11.8. The van der Waals surface area contributed by atoms with Gasteiger partial charge in [-0.15, -0.1) is 0 Å². The Morgan fingerprint density at radius 2 is 1.95 bits per heavy atom. The number of halogens is 1. The Balaban J connectivity index is 2.16. The zero-order valence-corrected chi connectivity index (χ0v) is 13.8. The largest absolute Gasteiger partial charge is 0.465 e. The molecule has 0 fully saturated rings. The molecule has 0 N–H and O–H groups in total. The third kappa shape index (κ3) is 2.62. The SMILES string of the molecule is COC(=O)c1ccc(C)c(-c2ccc3c(Br)cncc3c2)c1. The summed E-state index contributed by atoms with van der Waals surface area (Å²) in [4.78, 5) is 15.9. The first-order chi connectivity index (χ1) is 10.6. The lowest BCUT2D eigenvalue weighted by molar-refractivity contribution is 0.0601. The lowest BCUT2D eigenvalue weighted by Gasteiger charge is -2.10. The number of benzene rings is 2. The van der Waals surface area contributed by atoms with Gasteiger partial charge in [0, 0.05) is 22.3 Å². The molecule has 2 aromatic carbocycles. The van der Waals surface area contributed by atoms with Gasteiger partial charge in [0.2, 0.25) is 0 Å². The number of aromatic nitrogens is 1. The summed E-state index contributed by atoms with van der Waals surface area (Å²) < 4.78 is 5.77. The molecule has 0 aliphatic carbocycles. The second-order valence-corrected chi connectivity index (χ2v) is 5.93. The van der Waals surface area contributed by atoms with Crippen LogP contribution >= 0.6 is 15.9 Å². The zero-order chi connectivity index (χ0) is 15.7. The van der Waals surface area contributed by atoms with Gasteiger partial charge < -0.3 is 4.74 Å². The molecule has 0 amide bonds. The van der Waals surface area contributed by atoms with Gasteiger partial charge in [-0.05, 0) is 63.1 Å². The molecule has 0 unspecified atom stereocenters. The number of hydrogen-bond donors (Lipinski definition) is 0. The van der Waals surface area contributed by atoms with Gasteiger partial charge in [-0.25, -0.2) is 4.79 Å². The van der Waals surface area contributed by atoms with E-state index >= 15 is 0 Å². The summed E-state index contributed by atoms with van der Waals surface area (Å²) in [6.45, 7) is 2.03. The third-order valence-electron chi connectivity index (χ3n) is 3.68. The van der Waals surface area contributed by atoms with Crippen LogP contribution in [0.3, 0.4) is 0 Å². The van der Waals surface area contributed by atoms with Gasteiger partial charge in [0.25, 0.3) is 0 Å². The molecule has 3 rings (SSSR count). The van der Waals surface area contributed by atoms with Gasteiger partial charge in [-0.2, -0.15) is 0 Å². The van der Waals surface area contributed by atoms with Crippen molar-refractivity contribution in [3.8, 4) is 11.1 Å². The van der Waals surface area contributed by atoms with Gasteiger partial charge in [-0.3, -0.25) is 4.98 Å². The summed E-state index contributed by atoms with van der Waals surface area (Å²) in [5.41, 5.74) is 3.73. The first-order valence-electron chi connectivity index (χ1n) is 6.83. The van der Waals surface area contributed by atoms with E-state index in [0.717, 1.165) is 31.9 Å². The highest BCUT2D eigenvalue weighted by Crippen LogP contribution is 2.30. The van der Waals surface area contributed by atoms with Crippen LogP contribution in [0.4, 0.5) is 0 Å². The molecule has 0 radical (unpaired) electrons. The molecule has 0 spiro atoms. The van der Waals surface area contributed by atoms with Crippen LogP contribution in [-0.4, -0.2) is 18.1 Å². The van der Waals surface area contributed by atoms with Gasteiger partial charge in [0.05, 0.1) is 12.7 Å². The van der Waals surface area contributed by atoms with Crippen molar-refractivity contribution in [2.75, 3.05) is 7.11 Å². The Morgan fingerprint density at radius 3 is 2.73 bits per heavy atom. The highest BCUT2D eigenvalue weighted by Gasteiger charge is 2.10. The van der Waals surface area contributed by atoms with Crippen LogP contribution in [-0.2, 0) is 4.74 Å². The van der Waals surface area contributed by atoms with Crippen LogP contribution in [0.2, 0.25) is 0 Å². The molecule has 1 heterocycles. The predicted octanol–water partition coefficient (Wildman–Crippen LogP) is 4.76. The average molecular weight is 356 g/mol. The minimum absolute atomic E-state index is 0.327. The number of fused-ring (bicyclic) bond motifs is 1.